The summed E-state index contributed by atoms with van der Waals surface area (Å²) >= 11 is 0. The molecule has 0 amide bonds. The Morgan fingerprint density at radius 2 is 1.86 bits per heavy atom. The molecule has 1 heterocycles. The lowest BCUT2D eigenvalue weighted by atomic mass is 10.0. The SMILES string of the molecule is COc1ccccc1.OC1COC(CCN(O)O)CC1O. The predicted molar refractivity (Wildman–Crippen MR) is 74.3 cm³/mol. The molecular weight excluding hydrogens is 278 g/mol. The molecule has 4 N–H and O–H groups in total. The highest BCUT2D eigenvalue weighted by atomic mass is 16.8. The van der Waals surface area contributed by atoms with Crippen LogP contribution < -0.4 is 4.74 Å². The molecule has 1 saturated heterocycles. The quantitative estimate of drug-likeness (QED) is 0.606. The number of rotatable bonds is 4. The maximum absolute atomic E-state index is 9.24. The van der Waals surface area contributed by atoms with E-state index in [0.29, 0.717) is 12.8 Å². The van der Waals surface area contributed by atoms with E-state index in [1.54, 1.807) is 7.11 Å². The van der Waals surface area contributed by atoms with Gasteiger partial charge in [0.05, 0.1) is 32.5 Å². The highest BCUT2D eigenvalue weighted by Crippen LogP contribution is 2.16. The number of methoxy groups -OCH3 is 1. The van der Waals surface area contributed by atoms with Crippen LogP contribution in [0.5, 0.6) is 5.75 Å². The van der Waals surface area contributed by atoms with Crippen molar-refractivity contribution in [3.63, 3.8) is 0 Å². The Kier molecular flexibility index (Phi) is 8.21. The molecule has 2 rings (SSSR count). The normalized spacial score (nSPS) is 25.1. The van der Waals surface area contributed by atoms with Gasteiger partial charge < -0.3 is 19.7 Å². The van der Waals surface area contributed by atoms with Crippen molar-refractivity contribution in [1.29, 1.82) is 0 Å². The summed E-state index contributed by atoms with van der Waals surface area (Å²) in [6, 6.07) is 9.68. The van der Waals surface area contributed by atoms with E-state index in [1.807, 2.05) is 30.3 Å². The number of nitrogens with zero attached hydrogens (tertiary/aromatic N) is 1. The first-order valence-electron chi connectivity index (χ1n) is 6.75. The van der Waals surface area contributed by atoms with Crippen molar-refractivity contribution in [3.05, 3.63) is 30.3 Å². The maximum Gasteiger partial charge on any atom is 0.118 e. The van der Waals surface area contributed by atoms with Crippen LogP contribution >= 0.6 is 0 Å². The second kappa shape index (κ2) is 9.67. The van der Waals surface area contributed by atoms with Gasteiger partial charge in [0.2, 0.25) is 0 Å². The minimum absolute atomic E-state index is 0.0630. The molecule has 3 unspecified atom stereocenters. The highest BCUT2D eigenvalue weighted by Gasteiger charge is 2.28. The molecule has 120 valence electrons. The number of para-hydroxylation sites is 1. The zero-order valence-corrected chi connectivity index (χ0v) is 12.0. The van der Waals surface area contributed by atoms with Crippen molar-refractivity contribution in [2.75, 3.05) is 20.3 Å². The standard InChI is InChI=1S/C7H15NO5.C7H8O/c9-6-3-5(1-2-8(11)12)13-4-7(6)10;1-8-7-5-3-2-4-6-7/h5-7,9-12H,1-4H2;2-6H,1H3. The Balaban J connectivity index is 0.000000235. The van der Waals surface area contributed by atoms with Gasteiger partial charge in [-0.1, -0.05) is 23.4 Å². The van der Waals surface area contributed by atoms with Gasteiger partial charge in [-0.2, -0.15) is 0 Å². The minimum atomic E-state index is -0.824. The van der Waals surface area contributed by atoms with Crippen molar-refractivity contribution < 1.29 is 30.1 Å². The summed E-state index contributed by atoms with van der Waals surface area (Å²) in [6.45, 7) is 0.163. The lowest BCUT2D eigenvalue weighted by Gasteiger charge is -2.30. The third kappa shape index (κ3) is 7.37. The summed E-state index contributed by atoms with van der Waals surface area (Å²) in [7, 11) is 1.66. The fourth-order valence-corrected chi connectivity index (χ4v) is 1.86. The third-order valence-corrected chi connectivity index (χ3v) is 3.08. The van der Waals surface area contributed by atoms with Crippen molar-refractivity contribution in [2.45, 2.75) is 31.2 Å². The molecule has 1 aromatic carbocycles. The van der Waals surface area contributed by atoms with Gasteiger partial charge >= 0.3 is 0 Å². The molecule has 1 aliphatic heterocycles. The zero-order chi connectivity index (χ0) is 15.7. The molecule has 21 heavy (non-hydrogen) atoms. The number of hydrogen-bond acceptors (Lipinski definition) is 7. The molecule has 1 fully saturated rings. The summed E-state index contributed by atoms with van der Waals surface area (Å²) in [5, 5.41) is 35.3. The first kappa shape index (κ1) is 17.8. The summed E-state index contributed by atoms with van der Waals surface area (Å²) in [5.41, 5.74) is 0. The minimum Gasteiger partial charge on any atom is -0.497 e. The molecule has 0 spiro atoms. The van der Waals surface area contributed by atoms with Gasteiger partial charge in [0.1, 0.15) is 11.9 Å². The van der Waals surface area contributed by atoms with Crippen LogP contribution in [0.25, 0.3) is 0 Å². The Hall–Kier alpha value is -1.22. The second-order valence-corrected chi connectivity index (χ2v) is 4.73. The summed E-state index contributed by atoms with van der Waals surface area (Å²) < 4.78 is 10.1. The second-order valence-electron chi connectivity index (χ2n) is 4.73. The Morgan fingerprint density at radius 1 is 1.19 bits per heavy atom. The van der Waals surface area contributed by atoms with Gasteiger partial charge in [0.15, 0.2) is 0 Å². The van der Waals surface area contributed by atoms with Gasteiger partial charge in [-0.15, -0.1) is 0 Å². The van der Waals surface area contributed by atoms with Crippen LogP contribution in [-0.4, -0.2) is 64.4 Å². The number of ether oxygens (including phenoxy) is 2. The van der Waals surface area contributed by atoms with Gasteiger partial charge in [-0.3, -0.25) is 10.4 Å². The summed E-state index contributed by atoms with van der Waals surface area (Å²) in [4.78, 5) is 0. The fourth-order valence-electron chi connectivity index (χ4n) is 1.86. The third-order valence-electron chi connectivity index (χ3n) is 3.08. The zero-order valence-electron chi connectivity index (χ0n) is 12.0. The first-order valence-corrected chi connectivity index (χ1v) is 6.75. The Morgan fingerprint density at radius 3 is 2.33 bits per heavy atom. The van der Waals surface area contributed by atoms with E-state index < -0.39 is 12.2 Å². The van der Waals surface area contributed by atoms with Gasteiger partial charge in [-0.25, -0.2) is 0 Å². The fraction of sp³-hybridized carbons (Fsp3) is 0.571. The van der Waals surface area contributed by atoms with E-state index in [-0.39, 0.29) is 24.5 Å². The molecule has 0 saturated carbocycles. The van der Waals surface area contributed by atoms with Crippen molar-refractivity contribution in [1.82, 2.24) is 5.23 Å². The lowest BCUT2D eigenvalue weighted by Crippen LogP contribution is -2.42. The maximum atomic E-state index is 9.24. The van der Waals surface area contributed by atoms with E-state index in [4.69, 9.17) is 25.0 Å². The van der Waals surface area contributed by atoms with Crippen LogP contribution in [0.15, 0.2) is 30.3 Å². The molecule has 0 bridgehead atoms. The van der Waals surface area contributed by atoms with Crippen LogP contribution in [0.3, 0.4) is 0 Å². The molecule has 1 aromatic rings. The van der Waals surface area contributed by atoms with Crippen molar-refractivity contribution in [2.24, 2.45) is 0 Å². The van der Waals surface area contributed by atoms with Crippen LogP contribution in [-0.2, 0) is 4.74 Å². The van der Waals surface area contributed by atoms with E-state index in [0.717, 1.165) is 5.75 Å². The lowest BCUT2D eigenvalue weighted by molar-refractivity contribution is -0.309. The Bertz CT molecular complexity index is 375. The average molecular weight is 301 g/mol. The molecule has 0 aromatic heterocycles. The van der Waals surface area contributed by atoms with E-state index in [1.165, 1.54) is 0 Å². The van der Waals surface area contributed by atoms with E-state index in [2.05, 4.69) is 0 Å². The summed E-state index contributed by atoms with van der Waals surface area (Å²) in [6.07, 6.45) is -1.08. The van der Waals surface area contributed by atoms with E-state index in [9.17, 15) is 5.11 Å². The van der Waals surface area contributed by atoms with Crippen LogP contribution in [0.2, 0.25) is 0 Å². The molecule has 1 aliphatic rings. The first-order chi connectivity index (χ1) is 10.0. The molecule has 0 aliphatic carbocycles. The highest BCUT2D eigenvalue weighted by molar-refractivity contribution is 5.20. The monoisotopic (exact) mass is 301 g/mol. The molecule has 3 atom stereocenters. The van der Waals surface area contributed by atoms with Crippen LogP contribution in [0.1, 0.15) is 12.8 Å². The van der Waals surface area contributed by atoms with Gasteiger partial charge in [-0.05, 0) is 18.6 Å². The number of aliphatic hydroxyl groups is 2. The Labute approximate surface area is 123 Å². The topological polar surface area (TPSA) is 103 Å². The molecule has 0 radical (unpaired) electrons. The smallest absolute Gasteiger partial charge is 0.118 e. The van der Waals surface area contributed by atoms with Gasteiger partial charge in [0.25, 0.3) is 0 Å². The van der Waals surface area contributed by atoms with Crippen molar-refractivity contribution >= 4 is 0 Å². The number of benzene rings is 1. The number of hydroxylamine groups is 2. The van der Waals surface area contributed by atoms with Gasteiger partial charge in [0, 0.05) is 6.42 Å². The average Bonchev–Trinajstić information content (AvgIpc) is 2.50. The van der Waals surface area contributed by atoms with Crippen molar-refractivity contribution in [3.8, 4) is 5.75 Å². The molecular formula is C14H23NO6. The van der Waals surface area contributed by atoms with Crippen LogP contribution in [0, 0.1) is 0 Å². The summed E-state index contributed by atoms with van der Waals surface area (Å²) in [5.74, 6) is 0.910. The molecule has 7 heteroatoms. The number of hydrogen-bond donors (Lipinski definition) is 4. The molecule has 7 nitrogen and oxygen atoms in total. The largest absolute Gasteiger partial charge is 0.497 e. The van der Waals surface area contributed by atoms with Crippen LogP contribution in [0.4, 0.5) is 0 Å². The van der Waals surface area contributed by atoms with E-state index >= 15 is 0 Å². The predicted octanol–water partition coefficient (Wildman–Crippen LogP) is 0.663. The number of aliphatic hydroxyl groups excluding tert-OH is 2.